The highest BCUT2D eigenvalue weighted by Gasteiger charge is 2.37. The third-order valence-electron chi connectivity index (χ3n) is 8.98. The number of aliphatic carboxylic acids is 1. The fourth-order valence-electron chi connectivity index (χ4n) is 6.48. The van der Waals surface area contributed by atoms with E-state index in [0.717, 1.165) is 53.0 Å². The maximum absolute atomic E-state index is 12.8. The number of rotatable bonds is 3. The van der Waals surface area contributed by atoms with Gasteiger partial charge in [0.25, 0.3) is 0 Å². The number of aryl methyl sites for hydroxylation is 2. The number of benzene rings is 2. The number of carboxylic acids is 1. The molecule has 1 N–H and O–H groups in total. The Morgan fingerprint density at radius 1 is 1.06 bits per heavy atom. The number of piperidine rings is 1. The number of hydrogen-bond acceptors (Lipinski definition) is 7. The Hall–Kier alpha value is -4.21. The molecule has 2 unspecified atom stereocenters. The molecule has 1 saturated heterocycles. The van der Waals surface area contributed by atoms with Crippen LogP contribution in [0.15, 0.2) is 60.7 Å². The lowest BCUT2D eigenvalue weighted by Gasteiger charge is -2.41. The summed E-state index contributed by atoms with van der Waals surface area (Å²) in [6, 6.07) is 16.5. The van der Waals surface area contributed by atoms with E-state index in [1.807, 2.05) is 52.0 Å². The SMILES string of the molecule is Cc1ccc2c(c1)-c1cccc(c1)-c1cc3nc(C)c(C(OC(C)(C)C)C(=O)O)c(n3n1)N1CCC(C)(CC1)OCC=CCC(C)O2. The summed E-state index contributed by atoms with van der Waals surface area (Å²) in [6.45, 7) is 15.6. The van der Waals surface area contributed by atoms with Crippen molar-refractivity contribution < 1.29 is 24.1 Å². The Kier molecular flexibility index (Phi) is 8.89. The van der Waals surface area contributed by atoms with Crippen molar-refractivity contribution in [2.75, 3.05) is 24.6 Å². The summed E-state index contributed by atoms with van der Waals surface area (Å²) in [5.74, 6) is 0.468. The predicted molar refractivity (Wildman–Crippen MR) is 184 cm³/mol. The average Bonchev–Trinajstić information content (AvgIpc) is 3.43. The van der Waals surface area contributed by atoms with Gasteiger partial charge in [0.2, 0.25) is 0 Å². The van der Waals surface area contributed by atoms with Gasteiger partial charge in [-0.05, 0) is 85.1 Å². The molecule has 3 aliphatic heterocycles. The molecule has 2 aromatic heterocycles. The minimum atomic E-state index is -1.22. The number of fused-ring (bicyclic) bond motifs is 7. The molecule has 2 atom stereocenters. The van der Waals surface area contributed by atoms with Crippen molar-refractivity contribution in [3.05, 3.63) is 77.5 Å². The molecular weight excluding hydrogens is 592 g/mol. The monoisotopic (exact) mass is 638 g/mol. The van der Waals surface area contributed by atoms with Gasteiger partial charge in [-0.1, -0.05) is 42.0 Å². The van der Waals surface area contributed by atoms with Crippen molar-refractivity contribution in [3.8, 4) is 28.1 Å². The number of hydrogen-bond donors (Lipinski definition) is 1. The van der Waals surface area contributed by atoms with Crippen molar-refractivity contribution in [1.29, 1.82) is 0 Å². The zero-order valence-corrected chi connectivity index (χ0v) is 28.5. The first-order chi connectivity index (χ1) is 22.3. The first-order valence-corrected chi connectivity index (χ1v) is 16.5. The van der Waals surface area contributed by atoms with Crippen LogP contribution in [0, 0.1) is 13.8 Å². The van der Waals surface area contributed by atoms with Crippen LogP contribution in [0.1, 0.15) is 76.8 Å². The quantitative estimate of drug-likeness (QED) is 0.228. The van der Waals surface area contributed by atoms with Gasteiger partial charge in [-0.15, -0.1) is 0 Å². The normalized spacial score (nSPS) is 21.0. The summed E-state index contributed by atoms with van der Waals surface area (Å²) in [5.41, 5.74) is 5.62. The summed E-state index contributed by atoms with van der Waals surface area (Å²) in [5, 5.41) is 15.6. The van der Waals surface area contributed by atoms with E-state index in [4.69, 9.17) is 24.3 Å². The van der Waals surface area contributed by atoms with Gasteiger partial charge in [0.15, 0.2) is 11.8 Å². The topological polar surface area (TPSA) is 98.4 Å². The Balaban J connectivity index is 1.55. The van der Waals surface area contributed by atoms with Gasteiger partial charge in [0.05, 0.1) is 35.2 Å². The molecule has 0 amide bonds. The highest BCUT2D eigenvalue weighted by Crippen LogP contribution is 2.39. The molecule has 6 bridgehead atoms. The molecule has 0 aliphatic carbocycles. The van der Waals surface area contributed by atoms with Crippen LogP contribution in [0.2, 0.25) is 0 Å². The van der Waals surface area contributed by atoms with Crippen molar-refractivity contribution in [3.63, 3.8) is 0 Å². The van der Waals surface area contributed by atoms with Crippen LogP contribution in [0.3, 0.4) is 0 Å². The van der Waals surface area contributed by atoms with Gasteiger partial charge in [0, 0.05) is 42.4 Å². The van der Waals surface area contributed by atoms with Gasteiger partial charge in [0.1, 0.15) is 11.6 Å². The van der Waals surface area contributed by atoms with Crippen LogP contribution in [0.25, 0.3) is 28.0 Å². The lowest BCUT2D eigenvalue weighted by atomic mass is 9.92. The highest BCUT2D eigenvalue weighted by molar-refractivity contribution is 5.80. The summed E-state index contributed by atoms with van der Waals surface area (Å²) in [6.07, 6.45) is 5.28. The lowest BCUT2D eigenvalue weighted by molar-refractivity contribution is -0.160. The molecule has 47 heavy (non-hydrogen) atoms. The van der Waals surface area contributed by atoms with E-state index in [1.54, 1.807) is 4.52 Å². The Morgan fingerprint density at radius 3 is 2.53 bits per heavy atom. The number of nitrogens with zero attached hydrogens (tertiary/aromatic N) is 4. The van der Waals surface area contributed by atoms with E-state index in [0.29, 0.717) is 42.4 Å². The van der Waals surface area contributed by atoms with Crippen molar-refractivity contribution in [2.24, 2.45) is 0 Å². The lowest BCUT2D eigenvalue weighted by Crippen LogP contribution is -2.45. The zero-order chi connectivity index (χ0) is 33.5. The van der Waals surface area contributed by atoms with Gasteiger partial charge in [-0.3, -0.25) is 0 Å². The summed E-state index contributed by atoms with van der Waals surface area (Å²) < 4.78 is 20.9. The molecule has 3 aliphatic rings. The van der Waals surface area contributed by atoms with E-state index >= 15 is 0 Å². The van der Waals surface area contributed by atoms with E-state index in [1.165, 1.54) is 0 Å². The van der Waals surface area contributed by atoms with Crippen LogP contribution in [-0.2, 0) is 14.3 Å². The number of carbonyl (C=O) groups is 1. The molecule has 2 aromatic carbocycles. The van der Waals surface area contributed by atoms with Gasteiger partial charge in [-0.2, -0.15) is 9.61 Å². The summed E-state index contributed by atoms with van der Waals surface area (Å²) >= 11 is 0. The third kappa shape index (κ3) is 7.06. The van der Waals surface area contributed by atoms with Crippen LogP contribution in [0.5, 0.6) is 5.75 Å². The van der Waals surface area contributed by atoms with E-state index in [2.05, 4.69) is 62.1 Å². The Bertz CT molecular complexity index is 1810. The zero-order valence-electron chi connectivity index (χ0n) is 28.5. The second kappa shape index (κ2) is 12.8. The molecular formula is C38H46N4O5. The smallest absolute Gasteiger partial charge is 0.337 e. The van der Waals surface area contributed by atoms with E-state index in [-0.39, 0.29) is 11.7 Å². The number of carboxylic acid groups (broad SMARTS) is 1. The molecule has 248 valence electrons. The summed E-state index contributed by atoms with van der Waals surface area (Å²) in [4.78, 5) is 19.9. The van der Waals surface area contributed by atoms with Crippen molar-refractivity contribution in [2.45, 2.75) is 91.1 Å². The molecule has 4 aromatic rings. The third-order valence-corrected chi connectivity index (χ3v) is 8.98. The number of ether oxygens (including phenoxy) is 3. The molecule has 0 saturated carbocycles. The maximum Gasteiger partial charge on any atom is 0.337 e. The van der Waals surface area contributed by atoms with Gasteiger partial charge in [-0.25, -0.2) is 9.78 Å². The molecule has 5 heterocycles. The van der Waals surface area contributed by atoms with Crippen molar-refractivity contribution in [1.82, 2.24) is 14.6 Å². The van der Waals surface area contributed by atoms with Crippen LogP contribution in [0.4, 0.5) is 5.82 Å². The van der Waals surface area contributed by atoms with Gasteiger partial charge < -0.3 is 24.2 Å². The minimum Gasteiger partial charge on any atom is -0.490 e. The number of aromatic nitrogens is 3. The molecule has 9 nitrogen and oxygen atoms in total. The standard InChI is InChI=1S/C38H46N4O5/c1-24-14-15-31-29(21-24)27-12-10-13-28(22-27)30-23-32-39-26(3)33(34(36(43)44)47-37(4,5)6)35(42(32)40-30)41-18-16-38(7,17-19-41)45-20-9-8-11-25(2)46-31/h8-10,12-15,21-23,25,34H,11,16-20H2,1-7H3,(H,43,44). The fraction of sp³-hybridized carbons (Fsp3) is 0.447. The Labute approximate surface area is 277 Å². The second-order valence-corrected chi connectivity index (χ2v) is 14.1. The molecule has 0 radical (unpaired) electrons. The minimum absolute atomic E-state index is 0.0161. The van der Waals surface area contributed by atoms with E-state index in [9.17, 15) is 9.90 Å². The first-order valence-electron chi connectivity index (χ1n) is 16.5. The largest absolute Gasteiger partial charge is 0.490 e. The molecule has 1 fully saturated rings. The predicted octanol–water partition coefficient (Wildman–Crippen LogP) is 7.72. The number of anilines is 1. The molecule has 9 heteroatoms. The Morgan fingerprint density at radius 2 is 1.81 bits per heavy atom. The molecule has 0 spiro atoms. The van der Waals surface area contributed by atoms with Crippen LogP contribution in [-0.4, -0.2) is 62.7 Å². The average molecular weight is 639 g/mol. The fourth-order valence-corrected chi connectivity index (χ4v) is 6.48. The van der Waals surface area contributed by atoms with Crippen LogP contribution >= 0.6 is 0 Å². The molecule has 7 rings (SSSR count). The maximum atomic E-state index is 12.8. The first kappa shape index (κ1) is 32.7. The highest BCUT2D eigenvalue weighted by atomic mass is 16.5. The van der Waals surface area contributed by atoms with Crippen LogP contribution < -0.4 is 9.64 Å². The van der Waals surface area contributed by atoms with Crippen molar-refractivity contribution >= 4 is 17.4 Å². The van der Waals surface area contributed by atoms with Gasteiger partial charge >= 0.3 is 5.97 Å². The second-order valence-electron chi connectivity index (χ2n) is 14.1. The van der Waals surface area contributed by atoms with E-state index < -0.39 is 17.7 Å². The summed E-state index contributed by atoms with van der Waals surface area (Å²) in [7, 11) is 0.